The lowest BCUT2D eigenvalue weighted by atomic mass is 9.98. The van der Waals surface area contributed by atoms with Crippen molar-refractivity contribution in [2.75, 3.05) is 0 Å². The van der Waals surface area contributed by atoms with Crippen LogP contribution in [0.4, 0.5) is 0 Å². The molecular formula is C70H45N5. The van der Waals surface area contributed by atoms with Gasteiger partial charge in [-0.05, 0) is 125 Å². The Labute approximate surface area is 433 Å². The van der Waals surface area contributed by atoms with Crippen LogP contribution in [0.25, 0.3) is 139 Å². The van der Waals surface area contributed by atoms with Crippen LogP contribution in [-0.2, 0) is 0 Å². The van der Waals surface area contributed by atoms with E-state index in [4.69, 9.17) is 9.97 Å². The molecule has 15 rings (SSSR count). The minimum atomic E-state index is 0.701. The van der Waals surface area contributed by atoms with Crippen molar-refractivity contribution in [2.24, 2.45) is 0 Å². The summed E-state index contributed by atoms with van der Waals surface area (Å²) in [7, 11) is 0. The molecule has 0 spiro atoms. The highest BCUT2D eigenvalue weighted by Gasteiger charge is 2.19. The Bertz CT molecular complexity index is 4390. The smallest absolute Gasteiger partial charge is 0.160 e. The average molecular weight is 956 g/mol. The molecule has 0 atom stereocenters. The van der Waals surface area contributed by atoms with Gasteiger partial charge in [0.1, 0.15) is 0 Å². The monoisotopic (exact) mass is 955 g/mol. The molecule has 5 nitrogen and oxygen atoms in total. The van der Waals surface area contributed by atoms with Crippen LogP contribution in [0.15, 0.2) is 273 Å². The number of nitrogens with zero attached hydrogens (tertiary/aromatic N) is 5. The third-order valence-electron chi connectivity index (χ3n) is 15.1. The quantitative estimate of drug-likeness (QED) is 0.152. The first-order valence-electron chi connectivity index (χ1n) is 25.6. The summed E-state index contributed by atoms with van der Waals surface area (Å²) in [6, 6.07) is 98.3. The average Bonchev–Trinajstić information content (AvgIpc) is 4.16. The zero-order chi connectivity index (χ0) is 49.4. The first-order valence-corrected chi connectivity index (χ1v) is 25.6. The van der Waals surface area contributed by atoms with Crippen LogP contribution < -0.4 is 0 Å². The molecule has 0 aliphatic carbocycles. The zero-order valence-electron chi connectivity index (χ0n) is 40.7. The van der Waals surface area contributed by atoms with Gasteiger partial charge in [-0.3, -0.25) is 0 Å². The van der Waals surface area contributed by atoms with E-state index >= 15 is 0 Å². The summed E-state index contributed by atoms with van der Waals surface area (Å²) in [5.41, 5.74) is 20.0. The van der Waals surface area contributed by atoms with E-state index in [9.17, 15) is 0 Å². The predicted molar refractivity (Wildman–Crippen MR) is 312 cm³/mol. The van der Waals surface area contributed by atoms with Crippen molar-refractivity contribution in [2.45, 2.75) is 0 Å². The molecule has 0 amide bonds. The Kier molecular flexibility index (Phi) is 9.82. The highest BCUT2D eigenvalue weighted by molar-refractivity contribution is 6.14. The maximum Gasteiger partial charge on any atom is 0.160 e. The second kappa shape index (κ2) is 17.3. The van der Waals surface area contributed by atoms with Crippen molar-refractivity contribution in [3.63, 3.8) is 0 Å². The van der Waals surface area contributed by atoms with E-state index in [2.05, 4.69) is 262 Å². The van der Waals surface area contributed by atoms with Gasteiger partial charge in [-0.25, -0.2) is 9.97 Å². The molecular weight excluding hydrogens is 911 g/mol. The van der Waals surface area contributed by atoms with Crippen LogP contribution >= 0.6 is 0 Å². The molecule has 4 aromatic heterocycles. The summed E-state index contributed by atoms with van der Waals surface area (Å²) in [4.78, 5) is 10.2. The van der Waals surface area contributed by atoms with E-state index in [1.807, 2.05) is 24.3 Å². The lowest BCUT2D eigenvalue weighted by Crippen LogP contribution is -1.97. The SMILES string of the molecule is c1ccc(-c2cc(-c3ccc(-n4c5ccc(-c6ccc7c(c6)c6ccccc6n7-c6ccccc6)cc5c5cc(-c6ccc7c(c6)c6ccccc6n7-c6ccccc6)ccc54)cc3)nc(-c3ccccc3)n2)cc1. The molecule has 4 heterocycles. The summed E-state index contributed by atoms with van der Waals surface area (Å²) in [6.07, 6.45) is 0. The second-order valence-corrected chi connectivity index (χ2v) is 19.4. The Hall–Kier alpha value is -10.1. The predicted octanol–water partition coefficient (Wildman–Crippen LogP) is 18.1. The number of aromatic nitrogens is 5. The second-order valence-electron chi connectivity index (χ2n) is 19.4. The fraction of sp³-hybridized carbons (Fsp3) is 0. The molecule has 11 aromatic carbocycles. The summed E-state index contributed by atoms with van der Waals surface area (Å²) >= 11 is 0. The third-order valence-corrected chi connectivity index (χ3v) is 15.1. The van der Waals surface area contributed by atoms with Crippen molar-refractivity contribution >= 4 is 65.4 Å². The largest absolute Gasteiger partial charge is 0.309 e. The Morgan fingerprint density at radius 2 is 0.493 bits per heavy atom. The van der Waals surface area contributed by atoms with Gasteiger partial charge < -0.3 is 13.7 Å². The van der Waals surface area contributed by atoms with Crippen molar-refractivity contribution < 1.29 is 0 Å². The molecule has 75 heavy (non-hydrogen) atoms. The Morgan fingerprint density at radius 1 is 0.200 bits per heavy atom. The molecule has 0 bridgehead atoms. The van der Waals surface area contributed by atoms with Crippen molar-refractivity contribution in [3.8, 4) is 73.2 Å². The molecule has 0 N–H and O–H groups in total. The summed E-state index contributed by atoms with van der Waals surface area (Å²) in [5.74, 6) is 0.701. The fourth-order valence-electron chi connectivity index (χ4n) is 11.5. The fourth-order valence-corrected chi connectivity index (χ4v) is 11.5. The molecule has 0 unspecified atom stereocenters. The van der Waals surface area contributed by atoms with Gasteiger partial charge >= 0.3 is 0 Å². The molecule has 0 aliphatic heterocycles. The lowest BCUT2D eigenvalue weighted by molar-refractivity contribution is 1.17. The molecule has 350 valence electrons. The highest BCUT2D eigenvalue weighted by atomic mass is 15.0. The van der Waals surface area contributed by atoms with Crippen molar-refractivity contribution in [1.29, 1.82) is 0 Å². The number of hydrogen-bond donors (Lipinski definition) is 0. The number of hydrogen-bond acceptors (Lipinski definition) is 2. The van der Waals surface area contributed by atoms with E-state index in [0.717, 1.165) is 56.2 Å². The topological polar surface area (TPSA) is 40.6 Å². The van der Waals surface area contributed by atoms with Gasteiger partial charge in [-0.2, -0.15) is 0 Å². The molecule has 0 aliphatic rings. The Morgan fingerprint density at radius 3 is 0.907 bits per heavy atom. The maximum absolute atomic E-state index is 5.15. The van der Waals surface area contributed by atoms with Crippen LogP contribution in [0.1, 0.15) is 0 Å². The van der Waals surface area contributed by atoms with E-state index in [0.29, 0.717) is 5.82 Å². The van der Waals surface area contributed by atoms with Crippen molar-refractivity contribution in [1.82, 2.24) is 23.7 Å². The van der Waals surface area contributed by atoms with Gasteiger partial charge in [-0.1, -0.05) is 170 Å². The van der Waals surface area contributed by atoms with Crippen molar-refractivity contribution in [3.05, 3.63) is 273 Å². The lowest BCUT2D eigenvalue weighted by Gasteiger charge is -2.12. The Balaban J connectivity index is 0.897. The molecule has 0 saturated carbocycles. The van der Waals surface area contributed by atoms with E-state index in [1.54, 1.807) is 0 Å². The number of para-hydroxylation sites is 4. The molecule has 15 aromatic rings. The molecule has 0 fully saturated rings. The normalized spacial score (nSPS) is 11.7. The van der Waals surface area contributed by atoms with Gasteiger partial charge in [0.15, 0.2) is 5.82 Å². The first-order chi connectivity index (χ1) is 37.2. The number of rotatable bonds is 8. The van der Waals surface area contributed by atoms with Gasteiger partial charge in [-0.15, -0.1) is 0 Å². The zero-order valence-corrected chi connectivity index (χ0v) is 40.7. The number of benzene rings is 11. The summed E-state index contributed by atoms with van der Waals surface area (Å²) < 4.78 is 7.17. The van der Waals surface area contributed by atoms with Crippen LogP contribution in [0.2, 0.25) is 0 Å². The first kappa shape index (κ1) is 42.6. The van der Waals surface area contributed by atoms with Crippen LogP contribution in [0.5, 0.6) is 0 Å². The van der Waals surface area contributed by atoms with Gasteiger partial charge in [0, 0.05) is 66.1 Å². The molecule has 0 saturated heterocycles. The van der Waals surface area contributed by atoms with Gasteiger partial charge in [0.25, 0.3) is 0 Å². The van der Waals surface area contributed by atoms with Crippen LogP contribution in [0, 0.1) is 0 Å². The molecule has 0 radical (unpaired) electrons. The minimum Gasteiger partial charge on any atom is -0.309 e. The van der Waals surface area contributed by atoms with E-state index in [-0.39, 0.29) is 0 Å². The summed E-state index contributed by atoms with van der Waals surface area (Å²) in [5, 5.41) is 7.33. The van der Waals surface area contributed by atoms with E-state index < -0.39 is 0 Å². The summed E-state index contributed by atoms with van der Waals surface area (Å²) in [6.45, 7) is 0. The van der Waals surface area contributed by atoms with Gasteiger partial charge in [0.2, 0.25) is 0 Å². The maximum atomic E-state index is 5.15. The number of fused-ring (bicyclic) bond motifs is 9. The third kappa shape index (κ3) is 7.08. The highest BCUT2D eigenvalue weighted by Crippen LogP contribution is 2.41. The van der Waals surface area contributed by atoms with Gasteiger partial charge in [0.05, 0.1) is 44.5 Å². The standard InChI is InChI=1S/C70H45N5/c1-5-17-46(18-6-1)62-45-63(72-70(71-62)48-19-7-2-8-20-48)47-29-35-55(36-30-47)75-68-39-33-51(49-31-37-66-58(41-49)56-25-13-15-27-64(56)73(66)53-21-9-3-10-22-53)43-60(68)61-44-52(34-40-69(61)75)50-32-38-67-59(42-50)57-26-14-16-28-65(57)74(67)54-23-11-4-12-24-54/h1-45H. The minimum absolute atomic E-state index is 0.701. The molecule has 5 heteroatoms. The van der Waals surface area contributed by atoms with Crippen LogP contribution in [-0.4, -0.2) is 23.7 Å². The van der Waals surface area contributed by atoms with E-state index in [1.165, 1.54) is 76.6 Å². The van der Waals surface area contributed by atoms with Crippen LogP contribution in [0.3, 0.4) is 0 Å².